The van der Waals surface area contributed by atoms with E-state index in [0.717, 1.165) is 18.5 Å². The summed E-state index contributed by atoms with van der Waals surface area (Å²) >= 11 is 0. The Morgan fingerprint density at radius 3 is 2.95 bits per heavy atom. The SMILES string of the molecule is CC(=O)c1ccc(C)cc1OCCCn1ccnc1. The third-order valence-corrected chi connectivity index (χ3v) is 2.89. The van der Waals surface area contributed by atoms with Gasteiger partial charge in [-0.25, -0.2) is 4.98 Å². The monoisotopic (exact) mass is 258 g/mol. The highest BCUT2D eigenvalue weighted by atomic mass is 16.5. The molecule has 100 valence electrons. The number of carbonyl (C=O) groups excluding carboxylic acids is 1. The third kappa shape index (κ3) is 3.68. The summed E-state index contributed by atoms with van der Waals surface area (Å²) in [4.78, 5) is 15.5. The van der Waals surface area contributed by atoms with Crippen LogP contribution in [0.1, 0.15) is 29.3 Å². The lowest BCUT2D eigenvalue weighted by Gasteiger charge is -2.10. The fourth-order valence-electron chi connectivity index (χ4n) is 1.89. The molecule has 1 heterocycles. The first-order chi connectivity index (χ1) is 9.16. The van der Waals surface area contributed by atoms with Gasteiger partial charge in [-0.2, -0.15) is 0 Å². The summed E-state index contributed by atoms with van der Waals surface area (Å²) in [6, 6.07) is 5.66. The van der Waals surface area contributed by atoms with Crippen molar-refractivity contribution in [3.05, 3.63) is 48.0 Å². The standard InChI is InChI=1S/C15H18N2O2/c1-12-4-5-14(13(2)18)15(10-12)19-9-3-7-17-8-6-16-11-17/h4-6,8,10-11H,3,7,9H2,1-2H3. The molecule has 0 aliphatic rings. The fourth-order valence-corrected chi connectivity index (χ4v) is 1.89. The second-order valence-corrected chi connectivity index (χ2v) is 4.56. The van der Waals surface area contributed by atoms with Crippen LogP contribution in [-0.4, -0.2) is 21.9 Å². The summed E-state index contributed by atoms with van der Waals surface area (Å²) in [6.45, 7) is 4.99. The van der Waals surface area contributed by atoms with Crippen LogP contribution in [0, 0.1) is 6.92 Å². The van der Waals surface area contributed by atoms with E-state index in [1.165, 1.54) is 0 Å². The van der Waals surface area contributed by atoms with Crippen LogP contribution < -0.4 is 4.74 Å². The molecule has 4 nitrogen and oxygen atoms in total. The van der Waals surface area contributed by atoms with Crippen molar-refractivity contribution in [2.45, 2.75) is 26.8 Å². The van der Waals surface area contributed by atoms with E-state index in [0.29, 0.717) is 17.9 Å². The quantitative estimate of drug-likeness (QED) is 0.591. The average Bonchev–Trinajstić information content (AvgIpc) is 2.87. The van der Waals surface area contributed by atoms with E-state index < -0.39 is 0 Å². The number of aromatic nitrogens is 2. The highest BCUT2D eigenvalue weighted by Crippen LogP contribution is 2.21. The second-order valence-electron chi connectivity index (χ2n) is 4.56. The maximum Gasteiger partial charge on any atom is 0.163 e. The van der Waals surface area contributed by atoms with Gasteiger partial charge in [0.15, 0.2) is 5.78 Å². The largest absolute Gasteiger partial charge is 0.493 e. The normalized spacial score (nSPS) is 10.4. The molecule has 0 spiro atoms. The summed E-state index contributed by atoms with van der Waals surface area (Å²) in [6.07, 6.45) is 6.35. The Balaban J connectivity index is 1.91. The van der Waals surface area contributed by atoms with Crippen LogP contribution >= 0.6 is 0 Å². The van der Waals surface area contributed by atoms with Crippen molar-refractivity contribution in [2.24, 2.45) is 0 Å². The minimum atomic E-state index is 0.0320. The van der Waals surface area contributed by atoms with Gasteiger partial charge in [0.2, 0.25) is 0 Å². The average molecular weight is 258 g/mol. The summed E-state index contributed by atoms with van der Waals surface area (Å²) < 4.78 is 7.73. The number of ketones is 1. The van der Waals surface area contributed by atoms with Crippen LogP contribution in [0.3, 0.4) is 0 Å². The Morgan fingerprint density at radius 2 is 2.26 bits per heavy atom. The molecule has 0 N–H and O–H groups in total. The lowest BCUT2D eigenvalue weighted by atomic mass is 10.1. The van der Waals surface area contributed by atoms with E-state index in [-0.39, 0.29) is 5.78 Å². The summed E-state index contributed by atoms with van der Waals surface area (Å²) in [5, 5.41) is 0. The Bertz CT molecular complexity index is 547. The van der Waals surface area contributed by atoms with Gasteiger partial charge in [-0.1, -0.05) is 6.07 Å². The number of ether oxygens (including phenoxy) is 1. The molecule has 4 heteroatoms. The van der Waals surface area contributed by atoms with Crippen molar-refractivity contribution in [3.63, 3.8) is 0 Å². The zero-order valence-electron chi connectivity index (χ0n) is 11.3. The summed E-state index contributed by atoms with van der Waals surface area (Å²) in [5.41, 5.74) is 1.74. The van der Waals surface area contributed by atoms with Crippen molar-refractivity contribution in [2.75, 3.05) is 6.61 Å². The predicted octanol–water partition coefficient (Wildman–Crippen LogP) is 2.86. The molecule has 19 heavy (non-hydrogen) atoms. The Kier molecular flexibility index (Phi) is 4.34. The maximum atomic E-state index is 11.5. The molecule has 0 atom stereocenters. The Labute approximate surface area is 113 Å². The molecule has 1 aromatic carbocycles. The molecule has 0 saturated carbocycles. The summed E-state index contributed by atoms with van der Waals surface area (Å²) in [7, 11) is 0. The van der Waals surface area contributed by atoms with Crippen LogP contribution in [-0.2, 0) is 6.54 Å². The number of hydrogen-bond donors (Lipinski definition) is 0. The molecule has 0 unspecified atom stereocenters. The second kappa shape index (κ2) is 6.18. The number of rotatable bonds is 6. The number of nitrogens with zero attached hydrogens (tertiary/aromatic N) is 2. The lowest BCUT2D eigenvalue weighted by Crippen LogP contribution is -2.06. The number of imidazole rings is 1. The van der Waals surface area contributed by atoms with Crippen molar-refractivity contribution < 1.29 is 9.53 Å². The van der Waals surface area contributed by atoms with Crippen LogP contribution in [0.5, 0.6) is 5.75 Å². The van der Waals surface area contributed by atoms with Gasteiger partial charge in [-0.05, 0) is 38.0 Å². The van der Waals surface area contributed by atoms with Gasteiger partial charge >= 0.3 is 0 Å². The molecule has 0 saturated heterocycles. The molecule has 0 aliphatic heterocycles. The van der Waals surface area contributed by atoms with Gasteiger partial charge in [-0.15, -0.1) is 0 Å². The van der Waals surface area contributed by atoms with E-state index in [1.54, 1.807) is 19.4 Å². The molecule has 0 bridgehead atoms. The van der Waals surface area contributed by atoms with Gasteiger partial charge in [-0.3, -0.25) is 4.79 Å². The number of aryl methyl sites for hydroxylation is 2. The van der Waals surface area contributed by atoms with E-state index in [2.05, 4.69) is 4.98 Å². The van der Waals surface area contributed by atoms with Crippen molar-refractivity contribution in [1.29, 1.82) is 0 Å². The van der Waals surface area contributed by atoms with Crippen molar-refractivity contribution in [1.82, 2.24) is 9.55 Å². The van der Waals surface area contributed by atoms with Crippen LogP contribution in [0.2, 0.25) is 0 Å². The maximum absolute atomic E-state index is 11.5. The molecule has 2 rings (SSSR count). The van der Waals surface area contributed by atoms with Gasteiger partial charge in [0.05, 0.1) is 18.5 Å². The fraction of sp³-hybridized carbons (Fsp3) is 0.333. The molecule has 0 radical (unpaired) electrons. The topological polar surface area (TPSA) is 44.1 Å². The highest BCUT2D eigenvalue weighted by Gasteiger charge is 2.08. The van der Waals surface area contributed by atoms with Crippen LogP contribution in [0.15, 0.2) is 36.9 Å². The zero-order valence-corrected chi connectivity index (χ0v) is 11.3. The number of benzene rings is 1. The summed E-state index contributed by atoms with van der Waals surface area (Å²) in [5.74, 6) is 0.711. The number of carbonyl (C=O) groups is 1. The number of hydrogen-bond acceptors (Lipinski definition) is 3. The van der Waals surface area contributed by atoms with Gasteiger partial charge in [0, 0.05) is 18.9 Å². The third-order valence-electron chi connectivity index (χ3n) is 2.89. The van der Waals surface area contributed by atoms with E-state index in [4.69, 9.17) is 4.74 Å². The molecule has 1 aromatic heterocycles. The molecule has 2 aromatic rings. The van der Waals surface area contributed by atoms with Crippen molar-refractivity contribution in [3.8, 4) is 5.75 Å². The Hall–Kier alpha value is -2.10. The lowest BCUT2D eigenvalue weighted by molar-refractivity contribution is 0.101. The van der Waals surface area contributed by atoms with Crippen LogP contribution in [0.25, 0.3) is 0 Å². The first-order valence-electron chi connectivity index (χ1n) is 6.37. The minimum Gasteiger partial charge on any atom is -0.493 e. The van der Waals surface area contributed by atoms with Crippen LogP contribution in [0.4, 0.5) is 0 Å². The van der Waals surface area contributed by atoms with Gasteiger partial charge in [0.1, 0.15) is 5.75 Å². The molecular formula is C15H18N2O2. The van der Waals surface area contributed by atoms with E-state index in [9.17, 15) is 4.79 Å². The highest BCUT2D eigenvalue weighted by molar-refractivity contribution is 5.96. The first-order valence-corrected chi connectivity index (χ1v) is 6.37. The van der Waals surface area contributed by atoms with E-state index >= 15 is 0 Å². The first kappa shape index (κ1) is 13.3. The zero-order chi connectivity index (χ0) is 13.7. The molecular weight excluding hydrogens is 240 g/mol. The van der Waals surface area contributed by atoms with E-state index in [1.807, 2.05) is 35.9 Å². The predicted molar refractivity (Wildman–Crippen MR) is 73.5 cm³/mol. The number of Topliss-reactive ketones (excluding diaryl/α,β-unsaturated/α-hetero) is 1. The van der Waals surface area contributed by atoms with Gasteiger partial charge < -0.3 is 9.30 Å². The van der Waals surface area contributed by atoms with Crippen molar-refractivity contribution >= 4 is 5.78 Å². The minimum absolute atomic E-state index is 0.0320. The molecule has 0 amide bonds. The smallest absolute Gasteiger partial charge is 0.163 e. The molecule has 0 aliphatic carbocycles. The molecule has 0 fully saturated rings. The van der Waals surface area contributed by atoms with Gasteiger partial charge in [0.25, 0.3) is 0 Å². The Morgan fingerprint density at radius 1 is 1.42 bits per heavy atom.